The first kappa shape index (κ1) is 13.5. The fourth-order valence-corrected chi connectivity index (χ4v) is 1.58. The molecule has 82 valence electrons. The van der Waals surface area contributed by atoms with E-state index < -0.39 is 13.7 Å². The van der Waals surface area contributed by atoms with Gasteiger partial charge >= 0.3 is 13.7 Å². The number of rotatable bonds is 8. The van der Waals surface area contributed by atoms with Crippen molar-refractivity contribution in [1.82, 2.24) is 0 Å². The van der Waals surface area contributed by atoms with Crippen molar-refractivity contribution in [2.24, 2.45) is 5.92 Å². The molecule has 0 rings (SSSR count). The molecule has 0 aliphatic carbocycles. The molecule has 0 bridgehead atoms. The topological polar surface area (TPSA) is 63.6 Å². The standard InChI is InChI=1S/C9H17O4P/c1-3-5-6-8(4-2)7-13-14(12)9(10)11/h8H,3-7H2,1-2H3/p+1. The summed E-state index contributed by atoms with van der Waals surface area (Å²) in [6.07, 6.45) is 4.16. The minimum atomic E-state index is -2.53. The number of hydrogen-bond acceptors (Lipinski definition) is 3. The SMILES string of the molecule is CCCCC(CC)CO[P+](=O)C(=O)O. The molecule has 4 nitrogen and oxygen atoms in total. The van der Waals surface area contributed by atoms with E-state index in [2.05, 4.69) is 6.92 Å². The Labute approximate surface area is 85.5 Å². The Bertz CT molecular complexity index is 193. The fraction of sp³-hybridized carbons (Fsp3) is 0.889. The van der Waals surface area contributed by atoms with E-state index in [0.717, 1.165) is 25.7 Å². The van der Waals surface area contributed by atoms with Gasteiger partial charge in [-0.1, -0.05) is 33.1 Å². The van der Waals surface area contributed by atoms with Gasteiger partial charge in [0.2, 0.25) is 0 Å². The second-order valence-electron chi connectivity index (χ2n) is 3.25. The molecule has 5 heteroatoms. The average molecular weight is 221 g/mol. The lowest BCUT2D eigenvalue weighted by atomic mass is 10.0. The summed E-state index contributed by atoms with van der Waals surface area (Å²) in [5, 5.41) is 8.33. The molecule has 0 radical (unpaired) electrons. The van der Waals surface area contributed by atoms with Crippen LogP contribution in [0.4, 0.5) is 4.79 Å². The Morgan fingerprint density at radius 1 is 1.50 bits per heavy atom. The van der Waals surface area contributed by atoms with Crippen molar-refractivity contribution < 1.29 is 19.0 Å². The summed E-state index contributed by atoms with van der Waals surface area (Å²) in [5.74, 6) is 0.327. The van der Waals surface area contributed by atoms with E-state index in [0.29, 0.717) is 5.92 Å². The second kappa shape index (κ2) is 7.89. The monoisotopic (exact) mass is 221 g/mol. The molecule has 0 aliphatic rings. The molecular formula is C9H18O4P+. The summed E-state index contributed by atoms with van der Waals surface area (Å²) in [6.45, 7) is 4.42. The normalized spacial score (nSPS) is 13.7. The zero-order chi connectivity index (χ0) is 11.0. The highest BCUT2D eigenvalue weighted by Gasteiger charge is 2.31. The molecule has 0 aliphatic heterocycles. The van der Waals surface area contributed by atoms with E-state index in [9.17, 15) is 9.36 Å². The summed E-state index contributed by atoms with van der Waals surface area (Å²) in [4.78, 5) is 10.2. The largest absolute Gasteiger partial charge is 0.635 e. The maximum Gasteiger partial charge on any atom is 0.635 e. The third-order valence-corrected chi connectivity index (χ3v) is 2.82. The molecule has 0 heterocycles. The smallest absolute Gasteiger partial charge is 0.441 e. The molecule has 0 saturated heterocycles. The highest BCUT2D eigenvalue weighted by molar-refractivity contribution is 7.58. The maximum absolute atomic E-state index is 10.8. The predicted molar refractivity (Wildman–Crippen MR) is 54.9 cm³/mol. The van der Waals surface area contributed by atoms with Crippen molar-refractivity contribution in [1.29, 1.82) is 0 Å². The van der Waals surface area contributed by atoms with Gasteiger partial charge in [0.25, 0.3) is 0 Å². The molecule has 0 aromatic heterocycles. The van der Waals surface area contributed by atoms with Gasteiger partial charge in [-0.15, -0.1) is 4.52 Å². The first-order chi connectivity index (χ1) is 6.61. The second-order valence-corrected chi connectivity index (χ2v) is 4.41. The lowest BCUT2D eigenvalue weighted by Gasteiger charge is -2.09. The van der Waals surface area contributed by atoms with Crippen molar-refractivity contribution in [3.05, 3.63) is 0 Å². The first-order valence-corrected chi connectivity index (χ1v) is 6.12. The molecule has 1 N–H and O–H groups in total. The molecule has 0 fully saturated rings. The van der Waals surface area contributed by atoms with Crippen molar-refractivity contribution in [3.8, 4) is 0 Å². The average Bonchev–Trinajstić information content (AvgIpc) is 2.17. The molecule has 2 atom stereocenters. The third kappa shape index (κ3) is 6.06. The Kier molecular flexibility index (Phi) is 7.63. The van der Waals surface area contributed by atoms with Gasteiger partial charge in [-0.2, -0.15) is 4.79 Å². The number of hydrogen-bond donors (Lipinski definition) is 1. The van der Waals surface area contributed by atoms with Gasteiger partial charge in [0, 0.05) is 0 Å². The van der Waals surface area contributed by atoms with E-state index in [1.54, 1.807) is 0 Å². The molecule has 0 spiro atoms. The van der Waals surface area contributed by atoms with Crippen LogP contribution in [0.15, 0.2) is 0 Å². The van der Waals surface area contributed by atoms with Gasteiger partial charge in [-0.25, -0.2) is 0 Å². The van der Waals surface area contributed by atoms with Gasteiger partial charge in [-0.05, 0) is 16.9 Å². The van der Waals surface area contributed by atoms with Crippen LogP contribution in [-0.2, 0) is 9.09 Å². The fourth-order valence-electron chi connectivity index (χ4n) is 1.13. The minimum Gasteiger partial charge on any atom is -0.441 e. The van der Waals surface area contributed by atoms with Crippen molar-refractivity contribution in [3.63, 3.8) is 0 Å². The van der Waals surface area contributed by atoms with Gasteiger partial charge < -0.3 is 5.11 Å². The van der Waals surface area contributed by atoms with Gasteiger partial charge in [0.15, 0.2) is 0 Å². The Morgan fingerprint density at radius 3 is 2.57 bits per heavy atom. The quantitative estimate of drug-likeness (QED) is 0.635. The Balaban J connectivity index is 3.71. The number of carbonyl (C=O) groups is 1. The van der Waals surface area contributed by atoms with Crippen molar-refractivity contribution in [2.45, 2.75) is 39.5 Å². The molecule has 0 aromatic rings. The van der Waals surface area contributed by atoms with E-state index in [1.807, 2.05) is 6.92 Å². The lowest BCUT2D eigenvalue weighted by molar-refractivity contribution is 0.204. The number of carboxylic acid groups (broad SMARTS) is 1. The zero-order valence-electron chi connectivity index (χ0n) is 8.73. The summed E-state index contributed by atoms with van der Waals surface area (Å²) in [7, 11) is -2.53. The van der Waals surface area contributed by atoms with E-state index >= 15 is 0 Å². The summed E-state index contributed by atoms with van der Waals surface area (Å²) in [6, 6.07) is 0. The van der Waals surface area contributed by atoms with Crippen LogP contribution in [0.1, 0.15) is 39.5 Å². The van der Waals surface area contributed by atoms with Crippen LogP contribution in [0, 0.1) is 5.92 Å². The minimum absolute atomic E-state index is 0.290. The van der Waals surface area contributed by atoms with Gasteiger partial charge in [0.05, 0.1) is 0 Å². The summed E-state index contributed by atoms with van der Waals surface area (Å²) < 4.78 is 15.5. The highest BCUT2D eigenvalue weighted by atomic mass is 31.1. The lowest BCUT2D eigenvalue weighted by Crippen LogP contribution is -2.06. The van der Waals surface area contributed by atoms with Crippen LogP contribution >= 0.6 is 8.03 Å². The summed E-state index contributed by atoms with van der Waals surface area (Å²) >= 11 is 0. The number of unbranched alkanes of at least 4 members (excludes halogenated alkanes) is 1. The molecule has 0 aromatic carbocycles. The summed E-state index contributed by atoms with van der Waals surface area (Å²) in [5.41, 5.74) is -1.37. The molecule has 14 heavy (non-hydrogen) atoms. The van der Waals surface area contributed by atoms with Crippen molar-refractivity contribution >= 4 is 13.7 Å². The zero-order valence-corrected chi connectivity index (χ0v) is 9.63. The van der Waals surface area contributed by atoms with E-state index in [-0.39, 0.29) is 6.61 Å². The molecule has 2 unspecified atom stereocenters. The van der Waals surface area contributed by atoms with Gasteiger partial charge in [-0.3, -0.25) is 0 Å². The molecule has 0 amide bonds. The Morgan fingerprint density at radius 2 is 2.14 bits per heavy atom. The van der Waals surface area contributed by atoms with Crippen LogP contribution in [0.3, 0.4) is 0 Å². The van der Waals surface area contributed by atoms with Crippen molar-refractivity contribution in [2.75, 3.05) is 6.61 Å². The third-order valence-electron chi connectivity index (χ3n) is 2.13. The maximum atomic E-state index is 10.8. The van der Waals surface area contributed by atoms with Crippen LogP contribution in [0.2, 0.25) is 0 Å². The van der Waals surface area contributed by atoms with E-state index in [1.165, 1.54) is 0 Å². The molecular weight excluding hydrogens is 203 g/mol. The first-order valence-electron chi connectivity index (χ1n) is 4.94. The molecule has 0 saturated carbocycles. The van der Waals surface area contributed by atoms with Gasteiger partial charge in [0.1, 0.15) is 6.61 Å². The van der Waals surface area contributed by atoms with E-state index in [4.69, 9.17) is 9.63 Å². The Hall–Kier alpha value is -0.470. The van der Waals surface area contributed by atoms with Crippen LogP contribution in [0.5, 0.6) is 0 Å². The van der Waals surface area contributed by atoms with Crippen LogP contribution in [0.25, 0.3) is 0 Å². The predicted octanol–water partition coefficient (Wildman–Crippen LogP) is 3.64. The van der Waals surface area contributed by atoms with Crippen LogP contribution in [-0.4, -0.2) is 17.4 Å². The van der Waals surface area contributed by atoms with Crippen LogP contribution < -0.4 is 0 Å². The highest BCUT2D eigenvalue weighted by Crippen LogP contribution is 2.25.